The van der Waals surface area contributed by atoms with E-state index in [4.69, 9.17) is 4.74 Å². The fourth-order valence-electron chi connectivity index (χ4n) is 2.38. The van der Waals surface area contributed by atoms with E-state index in [1.165, 1.54) is 0 Å². The summed E-state index contributed by atoms with van der Waals surface area (Å²) in [6.07, 6.45) is 0.782. The molecule has 1 aromatic rings. The highest BCUT2D eigenvalue weighted by atomic mass is 19.1. The largest absolute Gasteiger partial charge is 0.381 e. The highest BCUT2D eigenvalue weighted by molar-refractivity contribution is 5.94. The molecule has 6 heteroatoms. The molecule has 21 heavy (non-hydrogen) atoms. The molecule has 1 amide bonds. The lowest BCUT2D eigenvalue weighted by Crippen LogP contribution is -2.45. The molecule has 1 N–H and O–H groups in total. The Hall–Kier alpha value is -1.69. The van der Waals surface area contributed by atoms with Crippen LogP contribution in [0.25, 0.3) is 0 Å². The van der Waals surface area contributed by atoms with Crippen molar-refractivity contribution in [3.63, 3.8) is 0 Å². The van der Waals surface area contributed by atoms with E-state index in [0.717, 1.165) is 18.6 Å². The van der Waals surface area contributed by atoms with Gasteiger partial charge < -0.3 is 15.0 Å². The predicted molar refractivity (Wildman–Crippen MR) is 76.5 cm³/mol. The number of nitrogens with zero attached hydrogens (tertiary/aromatic N) is 1. The number of morpholine rings is 1. The quantitative estimate of drug-likeness (QED) is 0.929. The van der Waals surface area contributed by atoms with E-state index in [9.17, 15) is 13.6 Å². The summed E-state index contributed by atoms with van der Waals surface area (Å²) in [5, 5.41) is 2.61. The van der Waals surface area contributed by atoms with Gasteiger partial charge in [0.25, 0.3) is 5.91 Å². The van der Waals surface area contributed by atoms with Gasteiger partial charge in [-0.05, 0) is 25.5 Å². The number of ether oxygens (including phenoxy) is 1. The lowest BCUT2D eigenvalue weighted by atomic mass is 10.1. The maximum absolute atomic E-state index is 13.9. The zero-order valence-electron chi connectivity index (χ0n) is 12.3. The van der Waals surface area contributed by atoms with Gasteiger partial charge in [0.2, 0.25) is 0 Å². The maximum atomic E-state index is 13.9. The number of hydrogen-bond donors (Lipinski definition) is 1. The second-order valence-electron chi connectivity index (χ2n) is 5.00. The number of anilines is 1. The van der Waals surface area contributed by atoms with Crippen molar-refractivity contribution in [1.82, 2.24) is 4.90 Å². The standard InChI is InChI=1S/C15H20F2N2O2/c1-3-11-9-19(5-6-21-11)15(20)10-7-12(16)14(18-4-2)13(17)8-10/h7-8,11,18H,3-6,9H2,1-2H3. The van der Waals surface area contributed by atoms with Gasteiger partial charge in [-0.1, -0.05) is 6.92 Å². The van der Waals surface area contributed by atoms with Crippen molar-refractivity contribution in [2.24, 2.45) is 0 Å². The number of carbonyl (C=O) groups is 1. The van der Waals surface area contributed by atoms with Gasteiger partial charge in [0.1, 0.15) is 17.3 Å². The third-order valence-electron chi connectivity index (χ3n) is 3.52. The van der Waals surface area contributed by atoms with Crippen LogP contribution >= 0.6 is 0 Å². The smallest absolute Gasteiger partial charge is 0.254 e. The predicted octanol–water partition coefficient (Wildman–Crippen LogP) is 2.65. The van der Waals surface area contributed by atoms with Crippen LogP contribution in [0.15, 0.2) is 12.1 Å². The van der Waals surface area contributed by atoms with Gasteiger partial charge in [0.15, 0.2) is 0 Å². The van der Waals surface area contributed by atoms with Gasteiger partial charge in [0, 0.05) is 25.2 Å². The minimum absolute atomic E-state index is 0.0153. The Bertz CT molecular complexity index is 499. The van der Waals surface area contributed by atoms with Crippen LogP contribution in [0, 0.1) is 11.6 Å². The Labute approximate surface area is 123 Å². The van der Waals surface area contributed by atoms with Crippen molar-refractivity contribution >= 4 is 11.6 Å². The van der Waals surface area contributed by atoms with Gasteiger partial charge >= 0.3 is 0 Å². The molecule has 0 saturated carbocycles. The molecule has 1 heterocycles. The van der Waals surface area contributed by atoms with Crippen LogP contribution in [0.4, 0.5) is 14.5 Å². The first-order valence-electron chi connectivity index (χ1n) is 7.20. The lowest BCUT2D eigenvalue weighted by molar-refractivity contribution is -0.0226. The summed E-state index contributed by atoms with van der Waals surface area (Å²) in [6.45, 7) is 5.47. The van der Waals surface area contributed by atoms with Crippen LogP contribution in [0.3, 0.4) is 0 Å². The average Bonchev–Trinajstić information content (AvgIpc) is 2.50. The van der Waals surface area contributed by atoms with E-state index in [2.05, 4.69) is 5.32 Å². The SMILES string of the molecule is CCNc1c(F)cc(C(=O)N2CCOC(CC)C2)cc1F. The highest BCUT2D eigenvalue weighted by Crippen LogP contribution is 2.22. The van der Waals surface area contributed by atoms with Crippen LogP contribution in [-0.2, 0) is 4.74 Å². The Morgan fingerprint density at radius 3 is 2.62 bits per heavy atom. The molecule has 0 radical (unpaired) electrons. The van der Waals surface area contributed by atoms with Crippen molar-refractivity contribution in [1.29, 1.82) is 0 Å². The number of benzene rings is 1. The Kier molecular flexibility index (Phi) is 5.12. The molecule has 1 aromatic carbocycles. The number of hydrogen-bond acceptors (Lipinski definition) is 3. The molecule has 1 fully saturated rings. The van der Waals surface area contributed by atoms with Crippen molar-refractivity contribution in [3.8, 4) is 0 Å². The molecule has 0 spiro atoms. The second kappa shape index (κ2) is 6.85. The summed E-state index contributed by atoms with van der Waals surface area (Å²) in [4.78, 5) is 13.9. The first-order chi connectivity index (χ1) is 10.1. The molecule has 116 valence electrons. The topological polar surface area (TPSA) is 41.6 Å². The van der Waals surface area contributed by atoms with Crippen LogP contribution in [-0.4, -0.2) is 43.2 Å². The number of halogens is 2. The fraction of sp³-hybridized carbons (Fsp3) is 0.533. The Morgan fingerprint density at radius 1 is 1.38 bits per heavy atom. The zero-order valence-corrected chi connectivity index (χ0v) is 12.3. The second-order valence-corrected chi connectivity index (χ2v) is 5.00. The molecular weight excluding hydrogens is 278 g/mol. The molecule has 0 bridgehead atoms. The molecule has 1 saturated heterocycles. The van der Waals surface area contributed by atoms with Gasteiger partial charge in [-0.2, -0.15) is 0 Å². The van der Waals surface area contributed by atoms with E-state index in [-0.39, 0.29) is 23.3 Å². The fourth-order valence-corrected chi connectivity index (χ4v) is 2.38. The highest BCUT2D eigenvalue weighted by Gasteiger charge is 2.25. The molecule has 1 aliphatic heterocycles. The van der Waals surface area contributed by atoms with Crippen LogP contribution < -0.4 is 5.32 Å². The van der Waals surface area contributed by atoms with Gasteiger partial charge in [-0.25, -0.2) is 8.78 Å². The van der Waals surface area contributed by atoms with E-state index in [0.29, 0.717) is 26.2 Å². The summed E-state index contributed by atoms with van der Waals surface area (Å²) in [7, 11) is 0. The van der Waals surface area contributed by atoms with Gasteiger partial charge in [-0.3, -0.25) is 4.79 Å². The van der Waals surface area contributed by atoms with E-state index >= 15 is 0 Å². The Morgan fingerprint density at radius 2 is 2.05 bits per heavy atom. The molecule has 1 atom stereocenters. The summed E-state index contributed by atoms with van der Waals surface area (Å²) in [5.74, 6) is -1.86. The molecule has 1 unspecified atom stereocenters. The van der Waals surface area contributed by atoms with E-state index in [1.807, 2.05) is 6.92 Å². The molecule has 2 rings (SSSR count). The Balaban J connectivity index is 2.19. The van der Waals surface area contributed by atoms with Crippen molar-refractivity contribution in [2.45, 2.75) is 26.4 Å². The number of amides is 1. The molecule has 1 aliphatic rings. The zero-order chi connectivity index (χ0) is 15.4. The lowest BCUT2D eigenvalue weighted by Gasteiger charge is -2.32. The van der Waals surface area contributed by atoms with Crippen LogP contribution in [0.5, 0.6) is 0 Å². The number of rotatable bonds is 4. The summed E-state index contributed by atoms with van der Waals surface area (Å²) < 4.78 is 33.2. The van der Waals surface area contributed by atoms with Crippen LogP contribution in [0.2, 0.25) is 0 Å². The summed E-state index contributed by atoms with van der Waals surface area (Å²) >= 11 is 0. The maximum Gasteiger partial charge on any atom is 0.254 e. The van der Waals surface area contributed by atoms with Crippen molar-refractivity contribution in [2.75, 3.05) is 31.6 Å². The number of carbonyl (C=O) groups excluding carboxylic acids is 1. The van der Waals surface area contributed by atoms with E-state index in [1.54, 1.807) is 11.8 Å². The van der Waals surface area contributed by atoms with Crippen molar-refractivity contribution < 1.29 is 18.3 Å². The van der Waals surface area contributed by atoms with E-state index < -0.39 is 11.6 Å². The summed E-state index contributed by atoms with van der Waals surface area (Å²) in [5.41, 5.74) is -0.161. The number of nitrogens with one attached hydrogen (secondary N) is 1. The minimum Gasteiger partial charge on any atom is -0.381 e. The minimum atomic E-state index is -0.750. The average molecular weight is 298 g/mol. The summed E-state index contributed by atoms with van der Waals surface area (Å²) in [6, 6.07) is 2.17. The molecule has 0 aliphatic carbocycles. The molecule has 0 aromatic heterocycles. The third kappa shape index (κ3) is 3.50. The molecule has 4 nitrogen and oxygen atoms in total. The first kappa shape index (κ1) is 15.7. The monoisotopic (exact) mass is 298 g/mol. The normalized spacial score (nSPS) is 18.7. The van der Waals surface area contributed by atoms with Gasteiger partial charge in [-0.15, -0.1) is 0 Å². The van der Waals surface area contributed by atoms with Crippen LogP contribution in [0.1, 0.15) is 30.6 Å². The first-order valence-corrected chi connectivity index (χ1v) is 7.20. The van der Waals surface area contributed by atoms with Gasteiger partial charge in [0.05, 0.1) is 12.7 Å². The third-order valence-corrected chi connectivity index (χ3v) is 3.52. The van der Waals surface area contributed by atoms with Crippen molar-refractivity contribution in [3.05, 3.63) is 29.3 Å². The molecular formula is C15H20F2N2O2.